The molecule has 24 heteroatoms. The van der Waals surface area contributed by atoms with Crippen LogP contribution in [0, 0.1) is 5.92 Å². The van der Waals surface area contributed by atoms with Gasteiger partial charge in [0.05, 0.1) is 75.7 Å². The summed E-state index contributed by atoms with van der Waals surface area (Å²) in [6, 6.07) is 9.29. The van der Waals surface area contributed by atoms with Gasteiger partial charge in [0.1, 0.15) is 25.3 Å². The van der Waals surface area contributed by atoms with Crippen molar-refractivity contribution in [2.24, 2.45) is 5.92 Å². The SMILES string of the molecule is C=CCOC.C=CCOC(=O)N1c2cc(OCCCOc3cc4c(cc3OC)C(=O)N3CC(=C)CC3C(O)N4C(=O)OCc3ccc(NC(=O)C(C)NC(=O)[C@@H](NC=O)C(C)C)cc3)c(OC)cc2C(=O)NCC(=C)NC[C@@H]1O.CC. The molecule has 3 aromatic rings. The maximum absolute atomic E-state index is 14.2. The molecule has 0 spiro atoms. The van der Waals surface area contributed by atoms with Crippen molar-refractivity contribution in [2.45, 2.75) is 84.6 Å². The van der Waals surface area contributed by atoms with E-state index in [4.69, 9.17) is 28.4 Å². The highest BCUT2D eigenvalue weighted by Gasteiger charge is 2.46. The first kappa shape index (κ1) is 64.9. The number of nitrogens with zero attached hydrogens (tertiary/aromatic N) is 3. The van der Waals surface area contributed by atoms with E-state index in [-0.39, 0.29) is 110 Å². The zero-order valence-electron chi connectivity index (χ0n) is 47.2. The van der Waals surface area contributed by atoms with E-state index in [0.717, 1.165) is 9.80 Å². The normalized spacial score (nSPS) is 17.1. The van der Waals surface area contributed by atoms with Gasteiger partial charge in [-0.3, -0.25) is 24.0 Å². The van der Waals surface area contributed by atoms with Crippen molar-refractivity contribution in [3.63, 3.8) is 0 Å². The molecule has 7 N–H and O–H groups in total. The third-order valence-corrected chi connectivity index (χ3v) is 12.4. The molecule has 3 unspecified atom stereocenters. The highest BCUT2D eigenvalue weighted by Crippen LogP contribution is 2.42. The number of aliphatic hydroxyl groups excluding tert-OH is 2. The molecule has 0 saturated carbocycles. The van der Waals surface area contributed by atoms with E-state index < -0.39 is 66.4 Å². The number of hydrogen-bond acceptors (Lipinski definition) is 17. The number of aliphatic hydroxyl groups is 2. The predicted octanol–water partition coefficient (Wildman–Crippen LogP) is 5.15. The van der Waals surface area contributed by atoms with E-state index in [2.05, 4.69) is 57.6 Å². The second-order valence-corrected chi connectivity index (χ2v) is 18.4. The average molecular weight is 1130 g/mol. The van der Waals surface area contributed by atoms with Crippen LogP contribution in [0.2, 0.25) is 0 Å². The van der Waals surface area contributed by atoms with Crippen molar-refractivity contribution in [3.05, 3.63) is 115 Å². The number of hydrogen-bond donors (Lipinski definition) is 7. The Balaban J connectivity index is 0.00000191. The molecule has 440 valence electrons. The molecule has 6 rings (SSSR count). The van der Waals surface area contributed by atoms with Gasteiger partial charge in [0, 0.05) is 43.6 Å². The Morgan fingerprint density at radius 2 is 1.38 bits per heavy atom. The number of methoxy groups -OCH3 is 3. The van der Waals surface area contributed by atoms with Crippen molar-refractivity contribution in [1.29, 1.82) is 0 Å². The molecule has 3 aliphatic rings. The van der Waals surface area contributed by atoms with E-state index in [9.17, 15) is 43.8 Å². The van der Waals surface area contributed by atoms with E-state index in [1.165, 1.54) is 56.4 Å². The molecule has 0 bridgehead atoms. The van der Waals surface area contributed by atoms with E-state index in [1.54, 1.807) is 51.3 Å². The first-order chi connectivity index (χ1) is 38.8. The fourth-order valence-electron chi connectivity index (χ4n) is 8.34. The summed E-state index contributed by atoms with van der Waals surface area (Å²) in [5.41, 5.74) is 1.90. The Hall–Kier alpha value is -8.61. The number of benzene rings is 3. The molecule has 0 aliphatic carbocycles. The van der Waals surface area contributed by atoms with Gasteiger partial charge in [0.2, 0.25) is 18.2 Å². The van der Waals surface area contributed by atoms with Gasteiger partial charge in [-0.1, -0.05) is 77.3 Å². The Labute approximate surface area is 472 Å². The summed E-state index contributed by atoms with van der Waals surface area (Å²) in [5, 5.41) is 36.4. The maximum atomic E-state index is 14.2. The second-order valence-electron chi connectivity index (χ2n) is 18.4. The molecule has 7 amide bonds. The number of anilines is 3. The first-order valence-corrected chi connectivity index (χ1v) is 26.1. The molecule has 1 fully saturated rings. The molecule has 24 nitrogen and oxygen atoms in total. The minimum absolute atomic E-state index is 0.0134. The van der Waals surface area contributed by atoms with Gasteiger partial charge >= 0.3 is 12.2 Å². The maximum Gasteiger partial charge on any atom is 0.416 e. The Morgan fingerprint density at radius 3 is 1.94 bits per heavy atom. The van der Waals surface area contributed by atoms with Crippen LogP contribution in [0.3, 0.4) is 0 Å². The van der Waals surface area contributed by atoms with Crippen LogP contribution in [0.1, 0.15) is 73.7 Å². The highest BCUT2D eigenvalue weighted by molar-refractivity contribution is 6.07. The first-order valence-electron chi connectivity index (χ1n) is 26.1. The van der Waals surface area contributed by atoms with Gasteiger partial charge < -0.3 is 74.9 Å². The summed E-state index contributed by atoms with van der Waals surface area (Å²) < 4.78 is 39.0. The second kappa shape index (κ2) is 31.8. The molecule has 5 atom stereocenters. The van der Waals surface area contributed by atoms with Crippen LogP contribution in [0.4, 0.5) is 26.7 Å². The van der Waals surface area contributed by atoms with Gasteiger partial charge in [0.25, 0.3) is 11.8 Å². The molecule has 3 aliphatic heterocycles. The zero-order chi connectivity index (χ0) is 59.9. The molecule has 0 aromatic heterocycles. The Bertz CT molecular complexity index is 2740. The lowest BCUT2D eigenvalue weighted by Gasteiger charge is -2.31. The van der Waals surface area contributed by atoms with Crippen molar-refractivity contribution < 1.29 is 76.9 Å². The van der Waals surface area contributed by atoms with Crippen LogP contribution < -0.4 is 55.3 Å². The van der Waals surface area contributed by atoms with Crippen LogP contribution in [0.25, 0.3) is 0 Å². The number of nitrogens with one attached hydrogen (secondary N) is 5. The molecule has 3 aromatic carbocycles. The summed E-state index contributed by atoms with van der Waals surface area (Å²) in [5.74, 6) is -1.85. The Morgan fingerprint density at radius 1 is 0.790 bits per heavy atom. The number of rotatable bonds is 21. The summed E-state index contributed by atoms with van der Waals surface area (Å²) in [4.78, 5) is 94.9. The number of amides is 7. The number of carbonyl (C=O) groups is 7. The van der Waals surface area contributed by atoms with Crippen LogP contribution in [-0.2, 0) is 35.2 Å². The van der Waals surface area contributed by atoms with E-state index >= 15 is 0 Å². The lowest BCUT2D eigenvalue weighted by molar-refractivity contribution is -0.129. The van der Waals surface area contributed by atoms with E-state index in [1.807, 2.05) is 13.8 Å². The van der Waals surface area contributed by atoms with Crippen molar-refractivity contribution in [1.82, 2.24) is 26.2 Å². The monoisotopic (exact) mass is 1130 g/mol. The molecule has 1 saturated heterocycles. The summed E-state index contributed by atoms with van der Waals surface area (Å²) in [6.45, 7) is 24.0. The molecule has 81 heavy (non-hydrogen) atoms. The van der Waals surface area contributed by atoms with Crippen molar-refractivity contribution in [2.75, 3.05) is 82.5 Å². The van der Waals surface area contributed by atoms with Gasteiger partial charge in [0.15, 0.2) is 35.5 Å². The quantitative estimate of drug-likeness (QED) is 0.0412. The van der Waals surface area contributed by atoms with Gasteiger partial charge in [-0.25, -0.2) is 19.4 Å². The average Bonchev–Trinajstić information content (AvgIpc) is 4.11. The van der Waals surface area contributed by atoms with Gasteiger partial charge in [-0.15, -0.1) is 6.58 Å². The van der Waals surface area contributed by atoms with Crippen LogP contribution >= 0.6 is 0 Å². The van der Waals surface area contributed by atoms with Crippen LogP contribution in [0.5, 0.6) is 23.0 Å². The minimum atomic E-state index is -1.58. The van der Waals surface area contributed by atoms with Crippen molar-refractivity contribution >= 4 is 59.3 Å². The standard InChI is InChI=1S/C51H62N8O15.C4H8O.C2H6/c1-9-15-73-50(67)58-36-21-41(39(69-7)19-34(36)46(63)53-23-30(5)52-24-43(58)61)71-16-10-17-72-42-22-37-35(20-40(42)70-8)48(65)57-25-29(4)18-38(57)49(66)59(37)51(68)74-26-32-11-13-33(14-12-32)56-45(62)31(6)55-47(64)44(28(2)3)54-27-60;1-3-4-5-2;1-2/h9,11-14,19-22,27-28,31,38,43-44,49,52,61,66H,1,4-5,10,15-18,23-26H2,2-3,6-8H3,(H,53,63)(H,54,60)(H,55,64)(H,56,62);3H,1,4H2,2H3;1-2H3/t31?,38?,43-,44-,49?;;/m0../s1. The molecular weight excluding hydrogens is 1050 g/mol. The number of carbonyl (C=O) groups excluding carboxylic acids is 7. The minimum Gasteiger partial charge on any atom is -0.493 e. The molecular formula is C57H76N8O16. The number of ether oxygens (including phenoxy) is 7. The summed E-state index contributed by atoms with van der Waals surface area (Å²) in [7, 11) is 4.39. The van der Waals surface area contributed by atoms with Crippen LogP contribution in [-0.4, -0.2) is 155 Å². The van der Waals surface area contributed by atoms with Crippen LogP contribution in [0.15, 0.2) is 98.3 Å². The highest BCUT2D eigenvalue weighted by atomic mass is 16.6. The Kier molecular flexibility index (Phi) is 25.5. The number of β-amino-alcohol motifs (C(OH)–C–C–N with tert-alkyl or cyclic N) is 1. The predicted molar refractivity (Wildman–Crippen MR) is 302 cm³/mol. The van der Waals surface area contributed by atoms with Crippen molar-refractivity contribution in [3.8, 4) is 23.0 Å². The fraction of sp³-hybridized carbons (Fsp3) is 0.421. The summed E-state index contributed by atoms with van der Waals surface area (Å²) >= 11 is 0. The smallest absolute Gasteiger partial charge is 0.416 e. The number of fused-ring (bicyclic) bond motifs is 3. The molecule has 3 heterocycles. The zero-order valence-corrected chi connectivity index (χ0v) is 47.2. The molecule has 0 radical (unpaired) electrons. The largest absolute Gasteiger partial charge is 0.493 e. The summed E-state index contributed by atoms with van der Waals surface area (Å²) in [6.07, 6.45) is -1.14. The van der Waals surface area contributed by atoms with Gasteiger partial charge in [-0.2, -0.15) is 0 Å². The van der Waals surface area contributed by atoms with E-state index in [0.29, 0.717) is 35.5 Å². The fourth-order valence-corrected chi connectivity index (χ4v) is 8.34. The van der Waals surface area contributed by atoms with Gasteiger partial charge in [-0.05, 0) is 49.1 Å². The third-order valence-electron chi connectivity index (χ3n) is 12.4. The third kappa shape index (κ3) is 17.2. The lowest BCUT2D eigenvalue weighted by atomic mass is 10.0. The lowest BCUT2D eigenvalue weighted by Crippen LogP contribution is -2.52. The topological polar surface area (TPSA) is 294 Å².